The lowest BCUT2D eigenvalue weighted by Crippen LogP contribution is -2.44. The van der Waals surface area contributed by atoms with Crippen molar-refractivity contribution >= 4 is 34.5 Å². The van der Waals surface area contributed by atoms with Crippen LogP contribution in [0.1, 0.15) is 20.8 Å². The highest BCUT2D eigenvalue weighted by Gasteiger charge is 2.30. The van der Waals surface area contributed by atoms with Crippen LogP contribution in [0.3, 0.4) is 0 Å². The third kappa shape index (κ3) is 6.70. The average molecular weight is 583 g/mol. The second-order valence-electron chi connectivity index (χ2n) is 10.7. The lowest BCUT2D eigenvalue weighted by Gasteiger charge is -2.34. The number of allylic oxidation sites excluding steroid dienone is 1. The van der Waals surface area contributed by atoms with Gasteiger partial charge >= 0.3 is 0 Å². The fourth-order valence-corrected chi connectivity index (χ4v) is 4.80. The molecular formula is C33H34N4O6. The number of aldehydes is 1. The normalized spacial score (nSPS) is 13.4. The van der Waals surface area contributed by atoms with E-state index < -0.39 is 11.5 Å². The molecule has 1 aliphatic rings. The van der Waals surface area contributed by atoms with Crippen LogP contribution in [0, 0.1) is 0 Å². The van der Waals surface area contributed by atoms with Gasteiger partial charge in [-0.05, 0) is 63.2 Å². The molecule has 1 aromatic heterocycles. The second-order valence-corrected chi connectivity index (χ2v) is 10.7. The van der Waals surface area contributed by atoms with Gasteiger partial charge in [0, 0.05) is 29.4 Å². The van der Waals surface area contributed by atoms with Crippen molar-refractivity contribution in [3.05, 3.63) is 90.3 Å². The molecule has 0 spiro atoms. The number of nitrogens with one attached hydrogen (secondary N) is 1. The number of hydrazine groups is 1. The SMILES string of the molecule is COc1ccc2c(Oc3ccc4c(c3)OCCN4C(=O)/C(C=O)=C(\C)N(CC(C)(C)O)Nc3ccccc3)ccnc2c1. The smallest absolute Gasteiger partial charge is 0.263 e. The van der Waals surface area contributed by atoms with E-state index in [0.717, 1.165) is 16.6 Å². The highest BCUT2D eigenvalue weighted by Crippen LogP contribution is 2.38. The molecule has 0 saturated carbocycles. The fraction of sp³-hybridized carbons (Fsp3) is 0.242. The first-order valence-electron chi connectivity index (χ1n) is 13.8. The van der Waals surface area contributed by atoms with Gasteiger partial charge in [0.15, 0.2) is 6.29 Å². The lowest BCUT2D eigenvalue weighted by atomic mass is 10.1. The molecule has 10 nitrogen and oxygen atoms in total. The first-order chi connectivity index (χ1) is 20.7. The zero-order chi connectivity index (χ0) is 30.6. The molecule has 10 heteroatoms. The van der Waals surface area contributed by atoms with Gasteiger partial charge in [-0.2, -0.15) is 0 Å². The highest BCUT2D eigenvalue weighted by atomic mass is 16.5. The lowest BCUT2D eigenvalue weighted by molar-refractivity contribution is -0.117. The first-order valence-corrected chi connectivity index (χ1v) is 13.8. The molecule has 222 valence electrons. The Morgan fingerprint density at radius 3 is 2.60 bits per heavy atom. The monoisotopic (exact) mass is 582 g/mol. The quantitative estimate of drug-likeness (QED) is 0.0842. The van der Waals surface area contributed by atoms with Crippen LogP contribution in [0.2, 0.25) is 0 Å². The van der Waals surface area contributed by atoms with E-state index in [0.29, 0.717) is 40.7 Å². The van der Waals surface area contributed by atoms with Crippen molar-refractivity contribution in [2.45, 2.75) is 26.4 Å². The van der Waals surface area contributed by atoms with Gasteiger partial charge in [-0.1, -0.05) is 18.2 Å². The molecular weight excluding hydrogens is 548 g/mol. The number of nitrogens with zero attached hydrogens (tertiary/aromatic N) is 3. The molecule has 43 heavy (non-hydrogen) atoms. The number of methoxy groups -OCH3 is 1. The Bertz CT molecular complexity index is 1670. The van der Waals surface area contributed by atoms with E-state index in [1.165, 1.54) is 4.90 Å². The molecule has 4 aromatic rings. The number of aromatic nitrogens is 1. The molecule has 5 rings (SSSR count). The average Bonchev–Trinajstić information content (AvgIpc) is 3.00. The molecule has 2 N–H and O–H groups in total. The first kappa shape index (κ1) is 29.4. The molecule has 2 heterocycles. The summed E-state index contributed by atoms with van der Waals surface area (Å²) in [5, 5.41) is 13.0. The van der Waals surface area contributed by atoms with Gasteiger partial charge in [-0.3, -0.25) is 25.0 Å². The van der Waals surface area contributed by atoms with E-state index in [-0.39, 0.29) is 25.3 Å². The van der Waals surface area contributed by atoms with Gasteiger partial charge in [0.25, 0.3) is 5.91 Å². The Morgan fingerprint density at radius 1 is 1.12 bits per heavy atom. The summed E-state index contributed by atoms with van der Waals surface area (Å²) in [7, 11) is 1.60. The van der Waals surface area contributed by atoms with Crippen molar-refractivity contribution in [2.75, 3.05) is 37.1 Å². The van der Waals surface area contributed by atoms with Crippen molar-refractivity contribution in [1.29, 1.82) is 0 Å². The number of rotatable bonds is 10. The molecule has 0 aliphatic carbocycles. The van der Waals surface area contributed by atoms with Crippen LogP contribution in [-0.2, 0) is 9.59 Å². The largest absolute Gasteiger partial charge is 0.497 e. The van der Waals surface area contributed by atoms with Crippen molar-refractivity contribution in [2.24, 2.45) is 0 Å². The predicted octanol–water partition coefficient (Wildman–Crippen LogP) is 5.33. The molecule has 1 aliphatic heterocycles. The van der Waals surface area contributed by atoms with E-state index in [1.54, 1.807) is 63.4 Å². The van der Waals surface area contributed by atoms with Gasteiger partial charge in [0.2, 0.25) is 0 Å². The molecule has 3 aromatic carbocycles. The van der Waals surface area contributed by atoms with Crippen LogP contribution in [0.5, 0.6) is 23.0 Å². The second kappa shape index (κ2) is 12.4. The Morgan fingerprint density at radius 2 is 1.88 bits per heavy atom. The third-order valence-corrected chi connectivity index (χ3v) is 6.90. The van der Waals surface area contributed by atoms with Crippen LogP contribution >= 0.6 is 0 Å². The number of anilines is 2. The van der Waals surface area contributed by atoms with E-state index in [4.69, 9.17) is 14.2 Å². The predicted molar refractivity (Wildman–Crippen MR) is 164 cm³/mol. The van der Waals surface area contributed by atoms with Crippen LogP contribution in [0.4, 0.5) is 11.4 Å². The van der Waals surface area contributed by atoms with E-state index >= 15 is 0 Å². The minimum Gasteiger partial charge on any atom is -0.497 e. The van der Waals surface area contributed by atoms with Gasteiger partial charge in [-0.25, -0.2) is 0 Å². The van der Waals surface area contributed by atoms with Gasteiger partial charge in [0.1, 0.15) is 35.2 Å². The number of amides is 1. The highest BCUT2D eigenvalue weighted by molar-refractivity contribution is 6.18. The topological polar surface area (TPSA) is 113 Å². The van der Waals surface area contributed by atoms with Gasteiger partial charge < -0.3 is 24.2 Å². The van der Waals surface area contributed by atoms with Gasteiger partial charge in [-0.15, -0.1) is 0 Å². The number of ether oxygens (including phenoxy) is 3. The summed E-state index contributed by atoms with van der Waals surface area (Å²) in [6.07, 6.45) is 2.22. The number of carbonyl (C=O) groups excluding carboxylic acids is 2. The van der Waals surface area contributed by atoms with Crippen LogP contribution in [0.15, 0.2) is 90.3 Å². The maximum atomic E-state index is 13.8. The number of hydrogen-bond donors (Lipinski definition) is 2. The Hall–Kier alpha value is -5.09. The van der Waals surface area contributed by atoms with E-state index in [9.17, 15) is 14.7 Å². The van der Waals surface area contributed by atoms with E-state index in [1.807, 2.05) is 48.5 Å². The maximum Gasteiger partial charge on any atom is 0.263 e. The standard InChI is InChI=1S/C33H34N4O6/c1-22(37(21-33(2,3)40)35-23-8-6-5-7-9-23)27(20-38)32(39)36-16-17-42-31-19-25(11-13-29(31)36)43-30-14-15-34-28-18-24(41-4)10-12-26(28)30/h5-15,18-20,35,40H,16-17,21H2,1-4H3/b27-22+. The Kier molecular flexibility index (Phi) is 8.49. The molecule has 0 saturated heterocycles. The molecule has 0 bridgehead atoms. The summed E-state index contributed by atoms with van der Waals surface area (Å²) in [5.41, 5.74) is 4.42. The number of hydrogen-bond acceptors (Lipinski definition) is 9. The van der Waals surface area contributed by atoms with Crippen LogP contribution in [-0.4, -0.2) is 59.7 Å². The Labute approximate surface area is 250 Å². The zero-order valence-corrected chi connectivity index (χ0v) is 24.5. The van der Waals surface area contributed by atoms with Crippen LogP contribution in [0.25, 0.3) is 10.9 Å². The molecule has 0 atom stereocenters. The summed E-state index contributed by atoms with van der Waals surface area (Å²) in [6, 6.07) is 21.9. The number of carbonyl (C=O) groups is 2. The maximum absolute atomic E-state index is 13.8. The van der Waals surface area contributed by atoms with Crippen molar-refractivity contribution in [3.8, 4) is 23.0 Å². The molecule has 0 radical (unpaired) electrons. The number of pyridine rings is 1. The minimum atomic E-state index is -1.12. The third-order valence-electron chi connectivity index (χ3n) is 6.90. The van der Waals surface area contributed by atoms with Crippen LogP contribution < -0.4 is 24.5 Å². The van der Waals surface area contributed by atoms with Crippen molar-refractivity contribution in [1.82, 2.24) is 9.99 Å². The fourth-order valence-electron chi connectivity index (χ4n) is 4.80. The summed E-state index contributed by atoms with van der Waals surface area (Å²) in [5.74, 6) is 1.80. The number of para-hydroxylation sites is 1. The molecule has 0 unspecified atom stereocenters. The zero-order valence-electron chi connectivity index (χ0n) is 24.5. The van der Waals surface area contributed by atoms with E-state index in [2.05, 4.69) is 10.4 Å². The number of benzene rings is 3. The Balaban J connectivity index is 1.42. The summed E-state index contributed by atoms with van der Waals surface area (Å²) >= 11 is 0. The van der Waals surface area contributed by atoms with Crippen molar-refractivity contribution in [3.63, 3.8) is 0 Å². The van der Waals surface area contributed by atoms with Gasteiger partial charge in [0.05, 0.1) is 42.7 Å². The summed E-state index contributed by atoms with van der Waals surface area (Å²) in [4.78, 5) is 32.2. The summed E-state index contributed by atoms with van der Waals surface area (Å²) in [6.45, 7) is 5.61. The minimum absolute atomic E-state index is 0.0421. The summed E-state index contributed by atoms with van der Waals surface area (Å²) < 4.78 is 17.4. The number of fused-ring (bicyclic) bond motifs is 2. The molecule has 0 fully saturated rings. The van der Waals surface area contributed by atoms with Crippen molar-refractivity contribution < 1.29 is 28.9 Å². The molecule has 1 amide bonds. The number of aliphatic hydroxyl groups is 1.